The van der Waals surface area contributed by atoms with Crippen molar-refractivity contribution in [3.8, 4) is 5.88 Å². The van der Waals surface area contributed by atoms with Crippen molar-refractivity contribution in [2.45, 2.75) is 33.3 Å². The van der Waals surface area contributed by atoms with Crippen LogP contribution in [0, 0.1) is 12.7 Å². The zero-order valence-corrected chi connectivity index (χ0v) is 12.8. The SMILES string of the molecule is CNc1nc(C(C)C)nc(OCc2ccccc2F)c1C. The molecule has 0 atom stereocenters. The summed E-state index contributed by atoms with van der Waals surface area (Å²) in [7, 11) is 1.81. The maximum absolute atomic E-state index is 13.6. The van der Waals surface area contributed by atoms with Gasteiger partial charge in [-0.3, -0.25) is 0 Å². The summed E-state index contributed by atoms with van der Waals surface area (Å²) in [4.78, 5) is 8.88. The van der Waals surface area contributed by atoms with Crippen molar-refractivity contribution in [3.05, 3.63) is 47.0 Å². The molecular weight excluding hydrogens is 269 g/mol. The number of hydrogen-bond donors (Lipinski definition) is 1. The molecule has 0 spiro atoms. The molecule has 1 aromatic carbocycles. The highest BCUT2D eigenvalue weighted by Gasteiger charge is 2.14. The van der Waals surface area contributed by atoms with Gasteiger partial charge in [0.25, 0.3) is 0 Å². The lowest BCUT2D eigenvalue weighted by molar-refractivity contribution is 0.284. The lowest BCUT2D eigenvalue weighted by atomic mass is 10.2. The molecule has 0 bridgehead atoms. The summed E-state index contributed by atoms with van der Waals surface area (Å²) in [6.45, 7) is 6.06. The van der Waals surface area contributed by atoms with E-state index in [0.29, 0.717) is 17.3 Å². The average molecular weight is 289 g/mol. The van der Waals surface area contributed by atoms with Gasteiger partial charge in [-0.25, -0.2) is 9.37 Å². The van der Waals surface area contributed by atoms with Crippen molar-refractivity contribution in [2.75, 3.05) is 12.4 Å². The van der Waals surface area contributed by atoms with Gasteiger partial charge in [0, 0.05) is 18.5 Å². The molecule has 0 aliphatic carbocycles. The first-order valence-electron chi connectivity index (χ1n) is 6.95. The lowest BCUT2D eigenvalue weighted by Gasteiger charge is -2.14. The Morgan fingerprint density at radius 1 is 1.24 bits per heavy atom. The van der Waals surface area contributed by atoms with E-state index in [1.165, 1.54) is 6.07 Å². The summed E-state index contributed by atoms with van der Waals surface area (Å²) in [5.41, 5.74) is 1.32. The number of rotatable bonds is 5. The number of anilines is 1. The van der Waals surface area contributed by atoms with Gasteiger partial charge in [-0.15, -0.1) is 0 Å². The largest absolute Gasteiger partial charge is 0.472 e. The second kappa shape index (κ2) is 6.52. The van der Waals surface area contributed by atoms with Crippen LogP contribution in [0.25, 0.3) is 0 Å². The second-order valence-corrected chi connectivity index (χ2v) is 5.15. The van der Waals surface area contributed by atoms with Crippen LogP contribution in [0.15, 0.2) is 24.3 Å². The maximum atomic E-state index is 13.6. The van der Waals surface area contributed by atoms with Gasteiger partial charge in [-0.1, -0.05) is 32.0 Å². The third-order valence-electron chi connectivity index (χ3n) is 3.19. The maximum Gasteiger partial charge on any atom is 0.222 e. The summed E-state index contributed by atoms with van der Waals surface area (Å²) in [5, 5.41) is 3.04. The molecule has 112 valence electrons. The fourth-order valence-corrected chi connectivity index (χ4v) is 1.92. The van der Waals surface area contributed by atoms with Crippen molar-refractivity contribution in [2.24, 2.45) is 0 Å². The molecule has 5 heteroatoms. The highest BCUT2D eigenvalue weighted by Crippen LogP contribution is 2.25. The highest BCUT2D eigenvalue weighted by molar-refractivity contribution is 5.48. The van der Waals surface area contributed by atoms with E-state index in [4.69, 9.17) is 4.74 Å². The molecule has 1 N–H and O–H groups in total. The van der Waals surface area contributed by atoms with Gasteiger partial charge >= 0.3 is 0 Å². The van der Waals surface area contributed by atoms with Gasteiger partial charge in [-0.2, -0.15) is 4.98 Å². The molecule has 0 amide bonds. The third kappa shape index (κ3) is 3.48. The molecule has 0 fully saturated rings. The van der Waals surface area contributed by atoms with Crippen molar-refractivity contribution in [1.29, 1.82) is 0 Å². The van der Waals surface area contributed by atoms with Gasteiger partial charge in [0.1, 0.15) is 24.1 Å². The quantitative estimate of drug-likeness (QED) is 0.912. The minimum atomic E-state index is -0.276. The number of hydrogen-bond acceptors (Lipinski definition) is 4. The van der Waals surface area contributed by atoms with Crippen LogP contribution in [0.1, 0.15) is 36.7 Å². The Morgan fingerprint density at radius 3 is 2.57 bits per heavy atom. The zero-order chi connectivity index (χ0) is 15.4. The Labute approximate surface area is 124 Å². The predicted molar refractivity (Wildman–Crippen MR) is 81.1 cm³/mol. The van der Waals surface area contributed by atoms with Gasteiger partial charge < -0.3 is 10.1 Å². The Balaban J connectivity index is 2.27. The Kier molecular flexibility index (Phi) is 4.73. The minimum absolute atomic E-state index is 0.144. The molecule has 0 unspecified atom stereocenters. The summed E-state index contributed by atoms with van der Waals surface area (Å²) in [6, 6.07) is 6.57. The lowest BCUT2D eigenvalue weighted by Crippen LogP contribution is -2.08. The summed E-state index contributed by atoms with van der Waals surface area (Å²) in [6.07, 6.45) is 0. The molecule has 0 aliphatic heterocycles. The predicted octanol–water partition coefficient (Wildman–Crippen LogP) is 3.67. The summed E-state index contributed by atoms with van der Waals surface area (Å²) >= 11 is 0. The second-order valence-electron chi connectivity index (χ2n) is 5.15. The van der Waals surface area contributed by atoms with E-state index in [0.717, 1.165) is 11.4 Å². The van der Waals surface area contributed by atoms with Gasteiger partial charge in [-0.05, 0) is 13.0 Å². The first-order chi connectivity index (χ1) is 10.0. The standard InChI is InChI=1S/C16H20FN3O/c1-10(2)14-19-15(18-4)11(3)16(20-14)21-9-12-7-5-6-8-13(12)17/h5-8,10H,9H2,1-4H3,(H,18,19,20). The van der Waals surface area contributed by atoms with Gasteiger partial charge in [0.05, 0.1) is 5.56 Å². The molecular formula is C16H20FN3O. The molecule has 21 heavy (non-hydrogen) atoms. The molecule has 1 aromatic heterocycles. The highest BCUT2D eigenvalue weighted by atomic mass is 19.1. The number of nitrogens with one attached hydrogen (secondary N) is 1. The molecule has 2 aromatic rings. The molecule has 0 saturated carbocycles. The van der Waals surface area contributed by atoms with Gasteiger partial charge in [0.15, 0.2) is 0 Å². The van der Waals surface area contributed by atoms with Crippen LogP contribution < -0.4 is 10.1 Å². The molecule has 0 aliphatic rings. The monoisotopic (exact) mass is 289 g/mol. The van der Waals surface area contributed by atoms with Crippen LogP contribution >= 0.6 is 0 Å². The van der Waals surface area contributed by atoms with Crippen LogP contribution in [-0.4, -0.2) is 17.0 Å². The minimum Gasteiger partial charge on any atom is -0.472 e. The Hall–Kier alpha value is -2.17. The molecule has 1 heterocycles. The van der Waals surface area contributed by atoms with Gasteiger partial charge in [0.2, 0.25) is 5.88 Å². The number of aromatic nitrogens is 2. The van der Waals surface area contributed by atoms with E-state index in [-0.39, 0.29) is 18.3 Å². The number of benzene rings is 1. The van der Waals surface area contributed by atoms with Crippen LogP contribution in [0.3, 0.4) is 0 Å². The van der Waals surface area contributed by atoms with E-state index < -0.39 is 0 Å². The first kappa shape index (κ1) is 15.2. The smallest absolute Gasteiger partial charge is 0.222 e. The van der Waals surface area contributed by atoms with E-state index in [1.807, 2.05) is 20.8 Å². The van der Waals surface area contributed by atoms with Crippen LogP contribution in [0.2, 0.25) is 0 Å². The Morgan fingerprint density at radius 2 is 1.95 bits per heavy atom. The van der Waals surface area contributed by atoms with Crippen LogP contribution in [0.5, 0.6) is 5.88 Å². The average Bonchev–Trinajstić information content (AvgIpc) is 2.47. The van der Waals surface area contributed by atoms with Crippen molar-refractivity contribution >= 4 is 5.82 Å². The van der Waals surface area contributed by atoms with Crippen molar-refractivity contribution in [3.63, 3.8) is 0 Å². The molecule has 4 nitrogen and oxygen atoms in total. The molecule has 2 rings (SSSR count). The normalized spacial score (nSPS) is 10.8. The molecule has 0 radical (unpaired) electrons. The molecule has 0 saturated heterocycles. The van der Waals surface area contributed by atoms with Crippen LogP contribution in [0.4, 0.5) is 10.2 Å². The van der Waals surface area contributed by atoms with Crippen LogP contribution in [-0.2, 0) is 6.61 Å². The first-order valence-corrected chi connectivity index (χ1v) is 6.95. The van der Waals surface area contributed by atoms with Crippen molar-refractivity contribution < 1.29 is 9.13 Å². The third-order valence-corrected chi connectivity index (χ3v) is 3.19. The Bertz CT molecular complexity index is 629. The van der Waals surface area contributed by atoms with E-state index in [9.17, 15) is 4.39 Å². The van der Waals surface area contributed by atoms with E-state index in [1.54, 1.807) is 25.2 Å². The van der Waals surface area contributed by atoms with Crippen molar-refractivity contribution in [1.82, 2.24) is 9.97 Å². The fourth-order valence-electron chi connectivity index (χ4n) is 1.92. The fraction of sp³-hybridized carbons (Fsp3) is 0.375. The topological polar surface area (TPSA) is 47.0 Å². The number of nitrogens with zero attached hydrogens (tertiary/aromatic N) is 2. The number of halogens is 1. The summed E-state index contributed by atoms with van der Waals surface area (Å²) < 4.78 is 19.3. The van der Waals surface area contributed by atoms with E-state index >= 15 is 0 Å². The summed E-state index contributed by atoms with van der Waals surface area (Å²) in [5.74, 6) is 1.84. The number of ether oxygens (including phenoxy) is 1. The van der Waals surface area contributed by atoms with E-state index in [2.05, 4.69) is 15.3 Å². The zero-order valence-electron chi connectivity index (χ0n) is 12.8.